The molecule has 1 saturated carbocycles. The predicted octanol–water partition coefficient (Wildman–Crippen LogP) is 2.55. The molecule has 0 atom stereocenters. The largest absolute Gasteiger partial charge is 0.497 e. The van der Waals surface area contributed by atoms with Crippen LogP contribution in [0.4, 0.5) is 0 Å². The Labute approximate surface area is 108 Å². The Kier molecular flexibility index (Phi) is 4.07. The highest BCUT2D eigenvalue weighted by atomic mass is 16.5. The molecule has 1 fully saturated rings. The van der Waals surface area contributed by atoms with Gasteiger partial charge in [0.2, 0.25) is 0 Å². The topological polar surface area (TPSA) is 68.3 Å². The lowest BCUT2D eigenvalue weighted by atomic mass is 9.83. The normalized spacial score (nSPS) is 14.9. The number of nitrogens with two attached hydrogens (primary N) is 1. The average Bonchev–Trinajstić information content (AvgIpc) is 2.31. The van der Waals surface area contributed by atoms with Crippen LogP contribution in [0.2, 0.25) is 0 Å². The molecule has 0 spiro atoms. The maximum absolute atomic E-state index is 7.53. The minimum atomic E-state index is 0.0243. The Morgan fingerprint density at radius 1 is 1.44 bits per heavy atom. The third-order valence-corrected chi connectivity index (χ3v) is 3.49. The Morgan fingerprint density at radius 3 is 2.78 bits per heavy atom. The van der Waals surface area contributed by atoms with E-state index in [9.17, 15) is 0 Å². The van der Waals surface area contributed by atoms with Gasteiger partial charge in [0.15, 0.2) is 0 Å². The molecule has 1 aromatic carbocycles. The molecule has 1 aliphatic rings. The van der Waals surface area contributed by atoms with Gasteiger partial charge in [0.25, 0.3) is 0 Å². The van der Waals surface area contributed by atoms with E-state index in [1.165, 1.54) is 19.3 Å². The van der Waals surface area contributed by atoms with Crippen molar-refractivity contribution in [2.45, 2.75) is 25.7 Å². The Morgan fingerprint density at radius 2 is 2.22 bits per heavy atom. The van der Waals surface area contributed by atoms with E-state index >= 15 is 0 Å². The molecule has 0 unspecified atom stereocenters. The number of benzene rings is 1. The van der Waals surface area contributed by atoms with Gasteiger partial charge < -0.3 is 15.2 Å². The number of nitrogen functional groups attached to an aromatic ring is 1. The predicted molar refractivity (Wildman–Crippen MR) is 71.5 cm³/mol. The number of hydrogen-bond donors (Lipinski definition) is 2. The van der Waals surface area contributed by atoms with Crippen molar-refractivity contribution in [2.24, 2.45) is 11.7 Å². The lowest BCUT2D eigenvalue weighted by molar-refractivity contribution is 0.221. The Hall–Kier alpha value is -1.71. The van der Waals surface area contributed by atoms with Crippen molar-refractivity contribution in [1.29, 1.82) is 5.41 Å². The van der Waals surface area contributed by atoms with Crippen LogP contribution in [0.1, 0.15) is 31.2 Å². The zero-order valence-electron chi connectivity index (χ0n) is 10.7. The average molecular weight is 248 g/mol. The molecule has 4 heteroatoms. The number of amidine groups is 1. The van der Waals surface area contributed by atoms with Crippen LogP contribution in [0.25, 0.3) is 0 Å². The summed E-state index contributed by atoms with van der Waals surface area (Å²) in [6.45, 7) is 0.679. The maximum atomic E-state index is 7.53. The molecule has 3 N–H and O–H groups in total. The molecule has 0 radical (unpaired) electrons. The van der Waals surface area contributed by atoms with Gasteiger partial charge in [0.1, 0.15) is 17.3 Å². The van der Waals surface area contributed by atoms with Crippen LogP contribution in [-0.2, 0) is 0 Å². The van der Waals surface area contributed by atoms with E-state index in [1.807, 2.05) is 0 Å². The van der Waals surface area contributed by atoms with Crippen molar-refractivity contribution in [3.05, 3.63) is 23.8 Å². The molecular weight excluding hydrogens is 228 g/mol. The lowest BCUT2D eigenvalue weighted by Gasteiger charge is -2.25. The first-order valence-electron chi connectivity index (χ1n) is 6.36. The number of nitrogens with one attached hydrogen (secondary N) is 1. The van der Waals surface area contributed by atoms with Crippen molar-refractivity contribution < 1.29 is 9.47 Å². The Bertz CT molecular complexity index is 428. The second-order valence-corrected chi connectivity index (χ2v) is 4.71. The molecule has 0 amide bonds. The number of hydrogen-bond acceptors (Lipinski definition) is 3. The van der Waals surface area contributed by atoms with Crippen molar-refractivity contribution in [2.75, 3.05) is 13.7 Å². The summed E-state index contributed by atoms with van der Waals surface area (Å²) in [7, 11) is 1.61. The molecule has 0 heterocycles. The van der Waals surface area contributed by atoms with Crippen molar-refractivity contribution in [3.63, 3.8) is 0 Å². The van der Waals surface area contributed by atoms with Crippen LogP contribution in [-0.4, -0.2) is 19.6 Å². The fraction of sp³-hybridized carbons (Fsp3) is 0.500. The standard InChI is InChI=1S/C14H20N2O2/c1-17-11-5-6-12(14(15)16)13(9-11)18-8-7-10-3-2-4-10/h5-6,9-10H,2-4,7-8H2,1H3,(H3,15,16). The van der Waals surface area contributed by atoms with Crippen LogP contribution < -0.4 is 15.2 Å². The lowest BCUT2D eigenvalue weighted by Crippen LogP contribution is -2.16. The number of ether oxygens (including phenoxy) is 2. The van der Waals surface area contributed by atoms with Gasteiger partial charge >= 0.3 is 0 Å². The van der Waals surface area contributed by atoms with E-state index in [2.05, 4.69) is 0 Å². The van der Waals surface area contributed by atoms with E-state index in [1.54, 1.807) is 25.3 Å². The van der Waals surface area contributed by atoms with Crippen molar-refractivity contribution in [3.8, 4) is 11.5 Å². The molecule has 0 aromatic heterocycles. The molecule has 0 saturated heterocycles. The van der Waals surface area contributed by atoms with Crippen LogP contribution in [0.5, 0.6) is 11.5 Å². The molecular formula is C14H20N2O2. The first-order chi connectivity index (χ1) is 8.70. The third-order valence-electron chi connectivity index (χ3n) is 3.49. The van der Waals surface area contributed by atoms with Gasteiger partial charge in [-0.25, -0.2) is 0 Å². The zero-order valence-corrected chi connectivity index (χ0v) is 10.7. The fourth-order valence-corrected chi connectivity index (χ4v) is 2.09. The number of rotatable bonds is 6. The van der Waals surface area contributed by atoms with E-state index in [0.29, 0.717) is 17.9 Å². The van der Waals surface area contributed by atoms with Gasteiger partial charge in [-0.2, -0.15) is 0 Å². The van der Waals surface area contributed by atoms with Gasteiger partial charge in [-0.3, -0.25) is 5.41 Å². The Balaban J connectivity index is 2.00. The first kappa shape index (κ1) is 12.7. The van der Waals surface area contributed by atoms with E-state index in [0.717, 1.165) is 18.1 Å². The molecule has 0 bridgehead atoms. The molecule has 1 aliphatic carbocycles. The second-order valence-electron chi connectivity index (χ2n) is 4.71. The monoisotopic (exact) mass is 248 g/mol. The number of methoxy groups -OCH3 is 1. The molecule has 2 rings (SSSR count). The van der Waals surface area contributed by atoms with Gasteiger partial charge in [0, 0.05) is 6.07 Å². The minimum Gasteiger partial charge on any atom is -0.497 e. The summed E-state index contributed by atoms with van der Waals surface area (Å²) in [4.78, 5) is 0. The smallest absolute Gasteiger partial charge is 0.133 e. The molecule has 4 nitrogen and oxygen atoms in total. The van der Waals surface area contributed by atoms with Gasteiger partial charge in [0.05, 0.1) is 19.3 Å². The maximum Gasteiger partial charge on any atom is 0.133 e. The SMILES string of the molecule is COc1ccc(C(=N)N)c(OCCC2CCC2)c1. The molecule has 1 aromatic rings. The van der Waals surface area contributed by atoms with Gasteiger partial charge in [-0.1, -0.05) is 19.3 Å². The summed E-state index contributed by atoms with van der Waals surface area (Å²) >= 11 is 0. The van der Waals surface area contributed by atoms with Gasteiger partial charge in [-0.15, -0.1) is 0 Å². The summed E-state index contributed by atoms with van der Waals surface area (Å²) in [5, 5.41) is 7.53. The third kappa shape index (κ3) is 2.94. The molecule has 0 aliphatic heterocycles. The minimum absolute atomic E-state index is 0.0243. The quantitative estimate of drug-likeness (QED) is 0.600. The summed E-state index contributed by atoms with van der Waals surface area (Å²) in [5.74, 6) is 2.20. The van der Waals surface area contributed by atoms with E-state index in [4.69, 9.17) is 20.6 Å². The van der Waals surface area contributed by atoms with Crippen molar-refractivity contribution >= 4 is 5.84 Å². The van der Waals surface area contributed by atoms with Crippen molar-refractivity contribution in [1.82, 2.24) is 0 Å². The van der Waals surface area contributed by atoms with Crippen LogP contribution >= 0.6 is 0 Å². The molecule has 98 valence electrons. The summed E-state index contributed by atoms with van der Waals surface area (Å²) in [5.41, 5.74) is 6.17. The molecule has 18 heavy (non-hydrogen) atoms. The van der Waals surface area contributed by atoms with E-state index in [-0.39, 0.29) is 5.84 Å². The highest BCUT2D eigenvalue weighted by Gasteiger charge is 2.17. The summed E-state index contributed by atoms with van der Waals surface area (Å²) in [6.07, 6.45) is 5.07. The van der Waals surface area contributed by atoms with Crippen LogP contribution in [0.3, 0.4) is 0 Å². The van der Waals surface area contributed by atoms with Gasteiger partial charge in [-0.05, 0) is 24.5 Å². The highest BCUT2D eigenvalue weighted by molar-refractivity contribution is 5.97. The van der Waals surface area contributed by atoms with Crippen LogP contribution in [0, 0.1) is 11.3 Å². The zero-order chi connectivity index (χ0) is 13.0. The van der Waals surface area contributed by atoms with E-state index < -0.39 is 0 Å². The van der Waals surface area contributed by atoms with Crippen LogP contribution in [0.15, 0.2) is 18.2 Å². The highest BCUT2D eigenvalue weighted by Crippen LogP contribution is 2.30. The first-order valence-corrected chi connectivity index (χ1v) is 6.36. The fourth-order valence-electron chi connectivity index (χ4n) is 2.09. The summed E-state index contributed by atoms with van der Waals surface area (Å²) < 4.78 is 10.9. The summed E-state index contributed by atoms with van der Waals surface area (Å²) in [6, 6.07) is 5.34. The second kappa shape index (κ2) is 5.76.